The van der Waals surface area contributed by atoms with Crippen molar-refractivity contribution in [2.45, 2.75) is 65.0 Å². The molecule has 1 aliphatic carbocycles. The molecule has 0 unspecified atom stereocenters. The molecule has 0 radical (unpaired) electrons. The number of rotatable bonds is 6. The normalized spacial score (nSPS) is 16.7. The van der Waals surface area contributed by atoms with Crippen molar-refractivity contribution in [2.24, 2.45) is 4.99 Å². The van der Waals surface area contributed by atoms with Crippen LogP contribution in [0.4, 0.5) is 0 Å². The number of hydrogen-bond acceptors (Lipinski definition) is 2. The zero-order valence-electron chi connectivity index (χ0n) is 12.5. The highest BCUT2D eigenvalue weighted by atomic mass is 16.1. The highest BCUT2D eigenvalue weighted by Crippen LogP contribution is 2.17. The molecule has 0 aromatic rings. The third-order valence-corrected chi connectivity index (χ3v) is 3.10. The minimum atomic E-state index is 0.0652. The van der Waals surface area contributed by atoms with Gasteiger partial charge in [0.1, 0.15) is 0 Å². The van der Waals surface area contributed by atoms with E-state index in [-0.39, 0.29) is 11.9 Å². The van der Waals surface area contributed by atoms with E-state index in [0.717, 1.165) is 12.5 Å². The second-order valence-electron chi connectivity index (χ2n) is 5.36. The monoisotopic (exact) mass is 268 g/mol. The molecule has 0 spiro atoms. The predicted octanol–water partition coefficient (Wildman–Crippen LogP) is 1.40. The standard InChI is InChI=1S/C14H28N4O/c1-4-15-14(18-12-7-5-6-8-12)16-10-9-13(19)17-11(2)3/h11-12H,4-10H2,1-3H3,(H,17,19)(H2,15,16,18). The SMILES string of the molecule is CCNC(=NCCC(=O)NC(C)C)NC1CCCC1. The number of aliphatic imine (C=N–C) groups is 1. The summed E-state index contributed by atoms with van der Waals surface area (Å²) in [6.45, 7) is 7.36. The minimum Gasteiger partial charge on any atom is -0.357 e. The number of nitrogens with one attached hydrogen (secondary N) is 3. The van der Waals surface area contributed by atoms with Crippen LogP contribution in [0.1, 0.15) is 52.9 Å². The third kappa shape index (κ3) is 7.03. The van der Waals surface area contributed by atoms with Gasteiger partial charge in [-0.15, -0.1) is 0 Å². The Bertz CT molecular complexity index is 296. The van der Waals surface area contributed by atoms with Crippen LogP contribution in [0.2, 0.25) is 0 Å². The lowest BCUT2D eigenvalue weighted by Gasteiger charge is -2.16. The number of hydrogen-bond donors (Lipinski definition) is 3. The average molecular weight is 268 g/mol. The van der Waals surface area contributed by atoms with Crippen LogP contribution in [-0.2, 0) is 4.79 Å². The van der Waals surface area contributed by atoms with Gasteiger partial charge in [-0.1, -0.05) is 12.8 Å². The van der Waals surface area contributed by atoms with Gasteiger partial charge in [-0.05, 0) is 33.6 Å². The zero-order chi connectivity index (χ0) is 14.1. The Balaban J connectivity index is 2.32. The summed E-state index contributed by atoms with van der Waals surface area (Å²) >= 11 is 0. The Labute approximate surface area is 116 Å². The Hall–Kier alpha value is -1.26. The van der Waals surface area contributed by atoms with E-state index in [1.54, 1.807) is 0 Å². The van der Waals surface area contributed by atoms with Crippen molar-refractivity contribution in [3.63, 3.8) is 0 Å². The van der Waals surface area contributed by atoms with E-state index in [1.807, 2.05) is 13.8 Å². The average Bonchev–Trinajstić information content (AvgIpc) is 2.81. The van der Waals surface area contributed by atoms with Gasteiger partial charge in [0.25, 0.3) is 0 Å². The van der Waals surface area contributed by atoms with Crippen LogP contribution in [0, 0.1) is 0 Å². The third-order valence-electron chi connectivity index (χ3n) is 3.10. The summed E-state index contributed by atoms with van der Waals surface area (Å²) in [5.41, 5.74) is 0. The maximum atomic E-state index is 11.5. The van der Waals surface area contributed by atoms with Gasteiger partial charge >= 0.3 is 0 Å². The maximum absolute atomic E-state index is 11.5. The predicted molar refractivity (Wildman–Crippen MR) is 79.3 cm³/mol. The van der Waals surface area contributed by atoms with Crippen molar-refractivity contribution < 1.29 is 4.79 Å². The smallest absolute Gasteiger partial charge is 0.222 e. The summed E-state index contributed by atoms with van der Waals surface area (Å²) in [5, 5.41) is 9.54. The van der Waals surface area contributed by atoms with Crippen molar-refractivity contribution in [3.8, 4) is 0 Å². The maximum Gasteiger partial charge on any atom is 0.222 e. The van der Waals surface area contributed by atoms with Gasteiger partial charge in [-0.25, -0.2) is 0 Å². The first-order valence-electron chi connectivity index (χ1n) is 7.46. The molecule has 0 bridgehead atoms. The highest BCUT2D eigenvalue weighted by molar-refractivity contribution is 5.81. The fourth-order valence-corrected chi connectivity index (χ4v) is 2.25. The van der Waals surface area contributed by atoms with Gasteiger partial charge < -0.3 is 16.0 Å². The second kappa shape index (κ2) is 8.77. The van der Waals surface area contributed by atoms with E-state index >= 15 is 0 Å². The van der Waals surface area contributed by atoms with Crippen molar-refractivity contribution >= 4 is 11.9 Å². The first-order chi connectivity index (χ1) is 9.11. The van der Waals surface area contributed by atoms with Gasteiger partial charge in [0.15, 0.2) is 5.96 Å². The summed E-state index contributed by atoms with van der Waals surface area (Å²) in [7, 11) is 0. The summed E-state index contributed by atoms with van der Waals surface area (Å²) in [5.74, 6) is 0.905. The lowest BCUT2D eigenvalue weighted by molar-refractivity contribution is -0.121. The number of carbonyl (C=O) groups excluding carboxylic acids is 1. The summed E-state index contributed by atoms with van der Waals surface area (Å²) in [6, 6.07) is 0.739. The molecule has 1 amide bonds. The first kappa shape index (κ1) is 15.8. The lowest BCUT2D eigenvalue weighted by atomic mass is 10.2. The Morgan fingerprint density at radius 1 is 1.32 bits per heavy atom. The second-order valence-corrected chi connectivity index (χ2v) is 5.36. The Kier molecular flexibility index (Phi) is 7.30. The molecule has 0 heterocycles. The molecule has 0 aromatic heterocycles. The van der Waals surface area contributed by atoms with Crippen LogP contribution in [0.15, 0.2) is 4.99 Å². The van der Waals surface area contributed by atoms with E-state index in [9.17, 15) is 4.79 Å². The molecule has 19 heavy (non-hydrogen) atoms. The molecule has 0 aromatic carbocycles. The molecule has 0 saturated heterocycles. The molecule has 5 nitrogen and oxygen atoms in total. The summed E-state index contributed by atoms with van der Waals surface area (Å²) in [4.78, 5) is 16.0. The molecule has 110 valence electrons. The molecule has 1 aliphatic rings. The van der Waals surface area contributed by atoms with Gasteiger partial charge in [-0.2, -0.15) is 0 Å². The molecular weight excluding hydrogens is 240 g/mol. The topological polar surface area (TPSA) is 65.5 Å². The molecule has 1 saturated carbocycles. The van der Waals surface area contributed by atoms with Crippen LogP contribution in [0.5, 0.6) is 0 Å². The van der Waals surface area contributed by atoms with Gasteiger partial charge in [-0.3, -0.25) is 9.79 Å². The molecule has 1 fully saturated rings. The number of carbonyl (C=O) groups is 1. The summed E-state index contributed by atoms with van der Waals surface area (Å²) in [6.07, 6.45) is 5.48. The van der Waals surface area contributed by atoms with Crippen molar-refractivity contribution in [1.82, 2.24) is 16.0 Å². The zero-order valence-corrected chi connectivity index (χ0v) is 12.5. The van der Waals surface area contributed by atoms with Crippen molar-refractivity contribution in [1.29, 1.82) is 0 Å². The molecule has 0 atom stereocenters. The van der Waals surface area contributed by atoms with E-state index in [0.29, 0.717) is 19.0 Å². The fourth-order valence-electron chi connectivity index (χ4n) is 2.25. The quantitative estimate of drug-likeness (QED) is 0.504. The van der Waals surface area contributed by atoms with Crippen LogP contribution < -0.4 is 16.0 Å². The Morgan fingerprint density at radius 2 is 2.00 bits per heavy atom. The van der Waals surface area contributed by atoms with Crippen LogP contribution in [-0.4, -0.2) is 37.0 Å². The molecule has 0 aliphatic heterocycles. The summed E-state index contributed by atoms with van der Waals surface area (Å²) < 4.78 is 0. The van der Waals surface area contributed by atoms with Gasteiger partial charge in [0.05, 0.1) is 6.54 Å². The number of nitrogens with zero attached hydrogens (tertiary/aromatic N) is 1. The van der Waals surface area contributed by atoms with Crippen LogP contribution in [0.3, 0.4) is 0 Å². The van der Waals surface area contributed by atoms with Crippen LogP contribution in [0.25, 0.3) is 0 Å². The van der Waals surface area contributed by atoms with E-state index in [2.05, 4.69) is 27.9 Å². The van der Waals surface area contributed by atoms with Gasteiger partial charge in [0, 0.05) is 25.0 Å². The fraction of sp³-hybridized carbons (Fsp3) is 0.857. The largest absolute Gasteiger partial charge is 0.357 e. The van der Waals surface area contributed by atoms with E-state index < -0.39 is 0 Å². The lowest BCUT2D eigenvalue weighted by Crippen LogP contribution is -2.42. The highest BCUT2D eigenvalue weighted by Gasteiger charge is 2.15. The number of amides is 1. The molecule has 1 rings (SSSR count). The van der Waals surface area contributed by atoms with E-state index in [4.69, 9.17) is 0 Å². The van der Waals surface area contributed by atoms with Crippen LogP contribution >= 0.6 is 0 Å². The van der Waals surface area contributed by atoms with Crippen molar-refractivity contribution in [2.75, 3.05) is 13.1 Å². The van der Waals surface area contributed by atoms with Gasteiger partial charge in [0.2, 0.25) is 5.91 Å². The molecule has 3 N–H and O–H groups in total. The molecule has 5 heteroatoms. The van der Waals surface area contributed by atoms with Crippen molar-refractivity contribution in [3.05, 3.63) is 0 Å². The van der Waals surface area contributed by atoms with E-state index in [1.165, 1.54) is 25.7 Å². The Morgan fingerprint density at radius 3 is 2.58 bits per heavy atom. The molecular formula is C14H28N4O. The first-order valence-corrected chi connectivity index (χ1v) is 7.46. The minimum absolute atomic E-state index is 0.0652. The number of guanidine groups is 1.